The van der Waals surface area contributed by atoms with Gasteiger partial charge in [0.2, 0.25) is 0 Å². The summed E-state index contributed by atoms with van der Waals surface area (Å²) in [5, 5.41) is 0. The van der Waals surface area contributed by atoms with Crippen LogP contribution < -0.4 is 19.7 Å². The van der Waals surface area contributed by atoms with Gasteiger partial charge in [0.15, 0.2) is 0 Å². The molecule has 1 heterocycles. The van der Waals surface area contributed by atoms with Crippen LogP contribution in [0.5, 0.6) is 17.2 Å². The van der Waals surface area contributed by atoms with Crippen LogP contribution in [0.15, 0.2) is 12.1 Å². The van der Waals surface area contributed by atoms with Crippen LogP contribution in [0.25, 0.3) is 0 Å². The minimum atomic E-state index is -0.547. The third-order valence-electron chi connectivity index (χ3n) is 4.96. The fourth-order valence-electron chi connectivity index (χ4n) is 2.74. The molecule has 0 bridgehead atoms. The Labute approximate surface area is 164 Å². The Bertz CT molecular complexity index is 570. The number of benzene rings is 1. The highest BCUT2D eigenvalue weighted by Crippen LogP contribution is 2.39. The molecule has 6 heteroatoms. The average molecular weight is 378 g/mol. The van der Waals surface area contributed by atoms with Crippen LogP contribution in [0.1, 0.15) is 67.7 Å². The molecule has 5 nitrogen and oxygen atoms in total. The molecule has 1 aliphatic rings. The molecule has 0 amide bonds. The maximum Gasteiger partial charge on any atom is 0.502 e. The molecule has 1 aromatic carbocycles. The van der Waals surface area contributed by atoms with E-state index in [0.717, 1.165) is 30.5 Å². The van der Waals surface area contributed by atoms with Crippen LogP contribution in [0.3, 0.4) is 0 Å². The lowest BCUT2D eigenvalue weighted by atomic mass is 9.77. The summed E-state index contributed by atoms with van der Waals surface area (Å²) in [6.45, 7) is 16.3. The minimum absolute atomic E-state index is 0.431. The fraction of sp³-hybridized carbons (Fsp3) is 0.714. The van der Waals surface area contributed by atoms with Gasteiger partial charge in [0.1, 0.15) is 17.2 Å². The zero-order valence-corrected chi connectivity index (χ0v) is 18.0. The Morgan fingerprint density at radius 2 is 1.15 bits per heavy atom. The minimum Gasteiger partial charge on any atom is -0.494 e. The first-order valence-corrected chi connectivity index (χ1v) is 10.2. The van der Waals surface area contributed by atoms with Crippen molar-refractivity contribution in [2.75, 3.05) is 19.8 Å². The van der Waals surface area contributed by atoms with Gasteiger partial charge < -0.3 is 23.5 Å². The van der Waals surface area contributed by atoms with E-state index in [-0.39, 0.29) is 0 Å². The van der Waals surface area contributed by atoms with Crippen molar-refractivity contribution in [1.29, 1.82) is 0 Å². The Hall–Kier alpha value is -1.40. The van der Waals surface area contributed by atoms with Crippen molar-refractivity contribution in [2.45, 2.75) is 78.9 Å². The van der Waals surface area contributed by atoms with Crippen LogP contribution in [-0.2, 0) is 9.31 Å². The van der Waals surface area contributed by atoms with Gasteiger partial charge in [-0.15, -0.1) is 0 Å². The van der Waals surface area contributed by atoms with Crippen molar-refractivity contribution < 1.29 is 23.5 Å². The van der Waals surface area contributed by atoms with Gasteiger partial charge in [0.05, 0.1) is 36.5 Å². The largest absolute Gasteiger partial charge is 0.502 e. The Morgan fingerprint density at radius 3 is 1.56 bits per heavy atom. The molecule has 1 aromatic rings. The summed E-state index contributed by atoms with van der Waals surface area (Å²) < 4.78 is 30.5. The molecule has 0 unspecified atom stereocenters. The number of hydrogen-bond acceptors (Lipinski definition) is 5. The van der Waals surface area contributed by atoms with E-state index in [2.05, 4.69) is 20.8 Å². The maximum atomic E-state index is 6.29. The predicted octanol–water partition coefficient (Wildman–Crippen LogP) is 4.35. The normalized spacial score (nSPS) is 17.8. The molecular weight excluding hydrogens is 343 g/mol. The first kappa shape index (κ1) is 21.9. The second-order valence-electron chi connectivity index (χ2n) is 7.97. The van der Waals surface area contributed by atoms with Gasteiger partial charge in [-0.25, -0.2) is 0 Å². The zero-order valence-electron chi connectivity index (χ0n) is 18.0. The highest BCUT2D eigenvalue weighted by atomic mass is 16.7. The lowest BCUT2D eigenvalue weighted by Gasteiger charge is -2.32. The molecular formula is C21H35BO5. The number of rotatable bonds is 10. The van der Waals surface area contributed by atoms with E-state index in [1.54, 1.807) is 0 Å². The van der Waals surface area contributed by atoms with E-state index < -0.39 is 18.3 Å². The Morgan fingerprint density at radius 1 is 0.741 bits per heavy atom. The predicted molar refractivity (Wildman–Crippen MR) is 110 cm³/mol. The van der Waals surface area contributed by atoms with Gasteiger partial charge >= 0.3 is 7.12 Å². The lowest BCUT2D eigenvalue weighted by Crippen LogP contribution is -2.41. The van der Waals surface area contributed by atoms with Gasteiger partial charge in [0, 0.05) is 12.1 Å². The molecule has 0 N–H and O–H groups in total. The summed E-state index contributed by atoms with van der Waals surface area (Å²) in [5.41, 5.74) is -0.0579. The summed E-state index contributed by atoms with van der Waals surface area (Å²) in [7, 11) is -0.547. The third-order valence-corrected chi connectivity index (χ3v) is 4.96. The molecule has 0 radical (unpaired) electrons. The second kappa shape index (κ2) is 9.20. The van der Waals surface area contributed by atoms with Gasteiger partial charge in [-0.05, 0) is 47.0 Å². The van der Waals surface area contributed by atoms with E-state index in [9.17, 15) is 0 Å². The summed E-state index contributed by atoms with van der Waals surface area (Å²) in [6.07, 6.45) is 2.76. The van der Waals surface area contributed by atoms with E-state index in [0.29, 0.717) is 31.3 Å². The highest BCUT2D eigenvalue weighted by molar-refractivity contribution is 6.64. The number of ether oxygens (including phenoxy) is 3. The van der Waals surface area contributed by atoms with Crippen LogP contribution in [0.4, 0.5) is 0 Å². The molecule has 0 spiro atoms. The monoisotopic (exact) mass is 378 g/mol. The van der Waals surface area contributed by atoms with Crippen molar-refractivity contribution in [3.63, 3.8) is 0 Å². The smallest absolute Gasteiger partial charge is 0.494 e. The first-order chi connectivity index (χ1) is 12.8. The summed E-state index contributed by atoms with van der Waals surface area (Å²) >= 11 is 0. The molecule has 1 saturated heterocycles. The Balaban J connectivity index is 2.47. The van der Waals surface area contributed by atoms with E-state index in [1.807, 2.05) is 39.8 Å². The molecule has 0 aliphatic carbocycles. The SMILES string of the molecule is CCCOc1cc(OCCC)c(B2OC(C)(C)C(C)(C)O2)c(OCCC)c1. The molecule has 0 aromatic heterocycles. The van der Waals surface area contributed by atoms with Gasteiger partial charge in [-0.2, -0.15) is 0 Å². The summed E-state index contributed by atoms with van der Waals surface area (Å²) in [5.74, 6) is 2.15. The van der Waals surface area contributed by atoms with Crippen LogP contribution >= 0.6 is 0 Å². The second-order valence-corrected chi connectivity index (χ2v) is 7.97. The van der Waals surface area contributed by atoms with Gasteiger partial charge in [0.25, 0.3) is 0 Å². The standard InChI is InChI=1S/C21H35BO5/c1-8-11-23-16-14-17(24-12-9-2)19(18(15-16)25-13-10-3)22-26-20(4,5)21(6,7)27-22/h14-15H,8-13H2,1-7H3. The molecule has 2 rings (SSSR count). The third kappa shape index (κ3) is 5.11. The van der Waals surface area contributed by atoms with Crippen molar-refractivity contribution in [3.05, 3.63) is 12.1 Å². The lowest BCUT2D eigenvalue weighted by molar-refractivity contribution is 0.00578. The molecule has 27 heavy (non-hydrogen) atoms. The van der Waals surface area contributed by atoms with Gasteiger partial charge in [-0.1, -0.05) is 20.8 Å². The van der Waals surface area contributed by atoms with Crippen molar-refractivity contribution in [1.82, 2.24) is 0 Å². The molecule has 0 atom stereocenters. The molecule has 1 aliphatic heterocycles. The molecule has 0 saturated carbocycles. The molecule has 152 valence electrons. The van der Waals surface area contributed by atoms with Crippen molar-refractivity contribution in [2.24, 2.45) is 0 Å². The van der Waals surface area contributed by atoms with E-state index in [1.165, 1.54) is 0 Å². The zero-order chi connectivity index (χ0) is 20.1. The number of hydrogen-bond donors (Lipinski definition) is 0. The summed E-state index contributed by atoms with van der Waals surface area (Å²) in [4.78, 5) is 0. The fourth-order valence-corrected chi connectivity index (χ4v) is 2.74. The first-order valence-electron chi connectivity index (χ1n) is 10.2. The maximum absolute atomic E-state index is 6.29. The summed E-state index contributed by atoms with van der Waals surface area (Å²) in [6, 6.07) is 3.84. The molecule has 1 fully saturated rings. The van der Waals surface area contributed by atoms with Crippen LogP contribution in [0, 0.1) is 0 Å². The van der Waals surface area contributed by atoms with Gasteiger partial charge in [-0.3, -0.25) is 0 Å². The highest BCUT2D eigenvalue weighted by Gasteiger charge is 2.53. The Kier molecular flexibility index (Phi) is 7.46. The van der Waals surface area contributed by atoms with Crippen LogP contribution in [0.2, 0.25) is 0 Å². The topological polar surface area (TPSA) is 46.2 Å². The average Bonchev–Trinajstić information content (AvgIpc) is 2.83. The van der Waals surface area contributed by atoms with Crippen LogP contribution in [-0.4, -0.2) is 38.1 Å². The van der Waals surface area contributed by atoms with E-state index in [4.69, 9.17) is 23.5 Å². The quantitative estimate of drug-likeness (QED) is 0.567. The van der Waals surface area contributed by atoms with Crippen molar-refractivity contribution >= 4 is 12.6 Å². The van der Waals surface area contributed by atoms with E-state index >= 15 is 0 Å². The van der Waals surface area contributed by atoms with Crippen molar-refractivity contribution in [3.8, 4) is 17.2 Å².